The molecular formula is C28H29N3O4. The molecule has 7 nitrogen and oxygen atoms in total. The predicted molar refractivity (Wildman–Crippen MR) is 138 cm³/mol. The van der Waals surface area contributed by atoms with Gasteiger partial charge >= 0.3 is 6.03 Å². The Bertz CT molecular complexity index is 1410. The van der Waals surface area contributed by atoms with Crippen molar-refractivity contribution in [2.24, 2.45) is 0 Å². The monoisotopic (exact) mass is 471 g/mol. The van der Waals surface area contributed by atoms with Gasteiger partial charge < -0.3 is 24.7 Å². The van der Waals surface area contributed by atoms with Gasteiger partial charge in [0.25, 0.3) is 5.56 Å². The van der Waals surface area contributed by atoms with Gasteiger partial charge in [-0.25, -0.2) is 4.79 Å². The molecule has 4 aromatic rings. The van der Waals surface area contributed by atoms with E-state index < -0.39 is 0 Å². The van der Waals surface area contributed by atoms with Crippen LogP contribution in [0.15, 0.2) is 71.5 Å². The molecule has 0 saturated heterocycles. The van der Waals surface area contributed by atoms with Gasteiger partial charge in [-0.15, -0.1) is 0 Å². The van der Waals surface area contributed by atoms with Gasteiger partial charge in [-0.3, -0.25) is 4.79 Å². The molecular weight excluding hydrogens is 442 g/mol. The molecule has 0 bridgehead atoms. The van der Waals surface area contributed by atoms with Crippen LogP contribution >= 0.6 is 0 Å². The Morgan fingerprint density at radius 3 is 2.34 bits per heavy atom. The molecule has 0 aliphatic carbocycles. The summed E-state index contributed by atoms with van der Waals surface area (Å²) in [6, 6.07) is 20.3. The molecule has 3 aromatic carbocycles. The fourth-order valence-electron chi connectivity index (χ4n) is 4.03. The van der Waals surface area contributed by atoms with Crippen LogP contribution in [-0.2, 0) is 13.1 Å². The van der Waals surface area contributed by atoms with Crippen LogP contribution in [0.4, 0.5) is 10.5 Å². The summed E-state index contributed by atoms with van der Waals surface area (Å²) in [7, 11) is 3.16. The Balaban J connectivity index is 1.69. The van der Waals surface area contributed by atoms with E-state index in [0.717, 1.165) is 33.3 Å². The maximum Gasteiger partial charge on any atom is 0.322 e. The van der Waals surface area contributed by atoms with Crippen LogP contribution in [0.25, 0.3) is 10.9 Å². The minimum absolute atomic E-state index is 0.131. The molecule has 0 saturated carbocycles. The molecule has 0 aliphatic rings. The van der Waals surface area contributed by atoms with E-state index in [4.69, 9.17) is 9.47 Å². The van der Waals surface area contributed by atoms with Crippen LogP contribution in [0.3, 0.4) is 0 Å². The zero-order chi connectivity index (χ0) is 24.9. The SMILES string of the molecule is COc1ccc(CN(Cc2cc3c(C)ccc(C)c3[nH]c2=O)C(=O)Nc2ccccc2OC)cc1. The number of carbonyl (C=O) groups is 1. The van der Waals surface area contributed by atoms with Gasteiger partial charge in [-0.05, 0) is 60.9 Å². The van der Waals surface area contributed by atoms with Gasteiger partial charge in [-0.2, -0.15) is 0 Å². The number of nitrogens with one attached hydrogen (secondary N) is 2. The van der Waals surface area contributed by atoms with Crippen LogP contribution in [0.2, 0.25) is 0 Å². The summed E-state index contributed by atoms with van der Waals surface area (Å²) < 4.78 is 10.6. The van der Waals surface area contributed by atoms with Crippen LogP contribution in [0.5, 0.6) is 11.5 Å². The number of aromatic amines is 1. The van der Waals surface area contributed by atoms with Gasteiger partial charge in [0.15, 0.2) is 0 Å². The van der Waals surface area contributed by atoms with Gasteiger partial charge in [-0.1, -0.05) is 36.4 Å². The minimum Gasteiger partial charge on any atom is -0.497 e. The number of urea groups is 1. The van der Waals surface area contributed by atoms with E-state index in [2.05, 4.69) is 10.3 Å². The lowest BCUT2D eigenvalue weighted by molar-refractivity contribution is 0.206. The molecule has 0 aliphatic heterocycles. The highest BCUT2D eigenvalue weighted by molar-refractivity contribution is 5.91. The number of fused-ring (bicyclic) bond motifs is 1. The number of para-hydroxylation sites is 2. The third-order valence-electron chi connectivity index (χ3n) is 6.05. The number of aryl methyl sites for hydroxylation is 2. The van der Waals surface area contributed by atoms with Gasteiger partial charge in [0.1, 0.15) is 11.5 Å². The largest absolute Gasteiger partial charge is 0.497 e. The molecule has 0 spiro atoms. The van der Waals surface area contributed by atoms with E-state index >= 15 is 0 Å². The molecule has 2 N–H and O–H groups in total. The van der Waals surface area contributed by atoms with E-state index in [1.807, 2.05) is 68.4 Å². The average Bonchev–Trinajstić information content (AvgIpc) is 2.87. The number of hydrogen-bond donors (Lipinski definition) is 2. The summed E-state index contributed by atoms with van der Waals surface area (Å²) in [6.45, 7) is 4.41. The summed E-state index contributed by atoms with van der Waals surface area (Å²) in [5.41, 5.74) is 4.63. The number of carbonyl (C=O) groups excluding carboxylic acids is 1. The van der Waals surface area contributed by atoms with E-state index in [-0.39, 0.29) is 18.1 Å². The quantitative estimate of drug-likeness (QED) is 0.378. The first-order chi connectivity index (χ1) is 16.9. The number of amides is 2. The average molecular weight is 472 g/mol. The van der Waals surface area contributed by atoms with Crippen molar-refractivity contribution >= 4 is 22.6 Å². The Morgan fingerprint density at radius 1 is 0.914 bits per heavy atom. The number of benzene rings is 3. The Morgan fingerprint density at radius 2 is 1.63 bits per heavy atom. The van der Waals surface area contributed by atoms with Crippen molar-refractivity contribution in [3.63, 3.8) is 0 Å². The van der Waals surface area contributed by atoms with Gasteiger partial charge in [0.05, 0.1) is 32.0 Å². The number of pyridine rings is 1. The number of anilines is 1. The van der Waals surface area contributed by atoms with Crippen molar-refractivity contribution in [3.8, 4) is 11.5 Å². The molecule has 0 fully saturated rings. The summed E-state index contributed by atoms with van der Waals surface area (Å²) in [5.74, 6) is 1.29. The molecule has 4 rings (SSSR count). The number of hydrogen-bond acceptors (Lipinski definition) is 4. The summed E-state index contributed by atoms with van der Waals surface area (Å²) in [6.07, 6.45) is 0. The van der Waals surface area contributed by atoms with Crippen LogP contribution < -0.4 is 20.3 Å². The molecule has 0 unspecified atom stereocenters. The van der Waals surface area contributed by atoms with Crippen LogP contribution in [-0.4, -0.2) is 30.1 Å². The Hall–Kier alpha value is -4.26. The van der Waals surface area contributed by atoms with Gasteiger partial charge in [0, 0.05) is 17.5 Å². The van der Waals surface area contributed by atoms with Crippen LogP contribution in [0, 0.1) is 13.8 Å². The molecule has 1 heterocycles. The van der Waals surface area contributed by atoms with Crippen molar-refractivity contribution in [2.75, 3.05) is 19.5 Å². The number of ether oxygens (including phenoxy) is 2. The molecule has 2 amide bonds. The summed E-state index contributed by atoms with van der Waals surface area (Å²) >= 11 is 0. The molecule has 0 radical (unpaired) electrons. The second-order valence-corrected chi connectivity index (χ2v) is 8.45. The number of methoxy groups -OCH3 is 2. The highest BCUT2D eigenvalue weighted by Crippen LogP contribution is 2.25. The lowest BCUT2D eigenvalue weighted by atomic mass is 10.0. The van der Waals surface area contributed by atoms with E-state index in [0.29, 0.717) is 23.5 Å². The standard InChI is InChI=1S/C28H29N3O4/c1-18-9-10-19(2)26-23(18)15-21(27(32)30-26)17-31(16-20-11-13-22(34-3)14-12-20)28(33)29-24-7-5-6-8-25(24)35-4/h5-15H,16-17H2,1-4H3,(H,29,33)(H,30,32). The maximum absolute atomic E-state index is 13.4. The summed E-state index contributed by atoms with van der Waals surface area (Å²) in [4.78, 5) is 31.0. The zero-order valence-corrected chi connectivity index (χ0v) is 20.3. The van der Waals surface area contributed by atoms with Crippen molar-refractivity contribution in [1.29, 1.82) is 0 Å². The van der Waals surface area contributed by atoms with E-state index in [1.165, 1.54) is 0 Å². The van der Waals surface area contributed by atoms with Crippen molar-refractivity contribution in [2.45, 2.75) is 26.9 Å². The lowest BCUT2D eigenvalue weighted by Crippen LogP contribution is -2.35. The first-order valence-electron chi connectivity index (χ1n) is 11.3. The predicted octanol–water partition coefficient (Wildman–Crippen LogP) is 5.40. The van der Waals surface area contributed by atoms with E-state index in [1.54, 1.807) is 31.3 Å². The second-order valence-electron chi connectivity index (χ2n) is 8.45. The molecule has 180 valence electrons. The van der Waals surface area contributed by atoms with Crippen molar-refractivity contribution in [1.82, 2.24) is 9.88 Å². The number of H-pyrrole nitrogens is 1. The lowest BCUT2D eigenvalue weighted by Gasteiger charge is -2.24. The third-order valence-corrected chi connectivity index (χ3v) is 6.05. The van der Waals surface area contributed by atoms with Gasteiger partial charge in [0.2, 0.25) is 0 Å². The van der Waals surface area contributed by atoms with Crippen molar-refractivity contribution in [3.05, 3.63) is 99.3 Å². The second kappa shape index (κ2) is 10.3. The summed E-state index contributed by atoms with van der Waals surface area (Å²) in [5, 5.41) is 3.89. The first kappa shape index (κ1) is 23.9. The van der Waals surface area contributed by atoms with Crippen molar-refractivity contribution < 1.29 is 14.3 Å². The first-order valence-corrected chi connectivity index (χ1v) is 11.3. The minimum atomic E-state index is -0.342. The molecule has 7 heteroatoms. The highest BCUT2D eigenvalue weighted by atomic mass is 16.5. The molecule has 0 atom stereocenters. The van der Waals surface area contributed by atoms with Crippen LogP contribution in [0.1, 0.15) is 22.3 Å². The Kier molecular flexibility index (Phi) is 7.06. The zero-order valence-electron chi connectivity index (χ0n) is 20.3. The van der Waals surface area contributed by atoms with E-state index in [9.17, 15) is 9.59 Å². The Labute approximate surface area is 204 Å². The number of nitrogens with zero attached hydrogens (tertiary/aromatic N) is 1. The number of aromatic nitrogens is 1. The maximum atomic E-state index is 13.4. The smallest absolute Gasteiger partial charge is 0.322 e. The number of rotatable bonds is 7. The highest BCUT2D eigenvalue weighted by Gasteiger charge is 2.19. The fraction of sp³-hybridized carbons (Fsp3) is 0.214. The third kappa shape index (κ3) is 5.30. The molecule has 35 heavy (non-hydrogen) atoms. The normalized spacial score (nSPS) is 10.7. The molecule has 1 aromatic heterocycles. The fourth-order valence-corrected chi connectivity index (χ4v) is 4.03. The topological polar surface area (TPSA) is 83.7 Å².